The lowest BCUT2D eigenvalue weighted by Gasteiger charge is -2.13. The number of nitrogens with zero attached hydrogens (tertiary/aromatic N) is 3. The fraction of sp³-hybridized carbons (Fsp3) is 0.286. The van der Waals surface area contributed by atoms with E-state index in [1.54, 1.807) is 50.4 Å². The molecule has 1 N–H and O–H groups in total. The Morgan fingerprint density at radius 1 is 1.10 bits per heavy atom. The first-order chi connectivity index (χ1) is 13.9. The lowest BCUT2D eigenvalue weighted by molar-refractivity contribution is -0.116. The van der Waals surface area contributed by atoms with Crippen molar-refractivity contribution in [2.75, 3.05) is 19.5 Å². The molecular weight excluding hydrogens is 372 g/mol. The van der Waals surface area contributed by atoms with E-state index in [9.17, 15) is 9.59 Å². The molecule has 8 nitrogen and oxygen atoms in total. The smallest absolute Gasteiger partial charge is 0.253 e. The highest BCUT2D eigenvalue weighted by Crippen LogP contribution is 2.28. The number of methoxy groups -OCH3 is 2. The predicted octanol–water partition coefficient (Wildman–Crippen LogP) is 2.37. The monoisotopic (exact) mass is 396 g/mol. The van der Waals surface area contributed by atoms with Gasteiger partial charge in [0.15, 0.2) is 11.5 Å². The van der Waals surface area contributed by atoms with Crippen LogP contribution in [0.2, 0.25) is 0 Å². The van der Waals surface area contributed by atoms with Crippen molar-refractivity contribution in [2.45, 2.75) is 26.9 Å². The Hall–Kier alpha value is -3.55. The summed E-state index contributed by atoms with van der Waals surface area (Å²) in [5, 5.41) is 7.23. The second-order valence-corrected chi connectivity index (χ2v) is 6.70. The second-order valence-electron chi connectivity index (χ2n) is 6.70. The highest BCUT2D eigenvalue weighted by molar-refractivity contribution is 5.90. The summed E-state index contributed by atoms with van der Waals surface area (Å²) in [6.45, 7) is 3.96. The van der Waals surface area contributed by atoms with Gasteiger partial charge in [0.25, 0.3) is 5.56 Å². The zero-order chi connectivity index (χ0) is 21.0. The Labute approximate surface area is 168 Å². The van der Waals surface area contributed by atoms with Gasteiger partial charge in [-0.1, -0.05) is 12.1 Å². The van der Waals surface area contributed by atoms with Gasteiger partial charge in [-0.15, -0.1) is 0 Å². The van der Waals surface area contributed by atoms with Gasteiger partial charge < -0.3 is 19.4 Å². The maximum Gasteiger partial charge on any atom is 0.253 e. The van der Waals surface area contributed by atoms with E-state index in [1.807, 2.05) is 25.1 Å². The Bertz CT molecular complexity index is 1080. The van der Waals surface area contributed by atoms with E-state index in [0.717, 1.165) is 11.1 Å². The Balaban J connectivity index is 1.78. The molecule has 0 fully saturated rings. The van der Waals surface area contributed by atoms with Crippen LogP contribution in [0.4, 0.5) is 5.82 Å². The quantitative estimate of drug-likeness (QED) is 0.663. The van der Waals surface area contributed by atoms with E-state index in [-0.39, 0.29) is 18.0 Å². The molecule has 8 heteroatoms. The van der Waals surface area contributed by atoms with Gasteiger partial charge in [-0.3, -0.25) is 9.59 Å². The number of rotatable bonds is 7. The lowest BCUT2D eigenvalue weighted by atomic mass is 10.2. The number of ether oxygens (including phenoxy) is 2. The minimum atomic E-state index is -0.296. The molecule has 1 aromatic carbocycles. The zero-order valence-corrected chi connectivity index (χ0v) is 16.9. The molecule has 2 heterocycles. The third-order valence-corrected chi connectivity index (χ3v) is 4.58. The van der Waals surface area contributed by atoms with Gasteiger partial charge in [0.1, 0.15) is 12.4 Å². The van der Waals surface area contributed by atoms with Crippen LogP contribution in [0.5, 0.6) is 11.5 Å². The van der Waals surface area contributed by atoms with Crippen LogP contribution in [0.15, 0.2) is 47.5 Å². The molecule has 2 aromatic heterocycles. The molecule has 0 aliphatic carbocycles. The first-order valence-electron chi connectivity index (χ1n) is 9.12. The van der Waals surface area contributed by atoms with Gasteiger partial charge in [0, 0.05) is 17.3 Å². The highest BCUT2D eigenvalue weighted by Gasteiger charge is 2.14. The summed E-state index contributed by atoms with van der Waals surface area (Å²) in [5.74, 6) is 1.56. The molecule has 3 rings (SSSR count). The molecule has 0 aliphatic heterocycles. The maximum absolute atomic E-state index is 12.5. The van der Waals surface area contributed by atoms with E-state index in [4.69, 9.17) is 9.47 Å². The van der Waals surface area contributed by atoms with Crippen LogP contribution in [0.25, 0.3) is 0 Å². The van der Waals surface area contributed by atoms with Crippen LogP contribution >= 0.6 is 0 Å². The van der Waals surface area contributed by atoms with Crippen molar-refractivity contribution in [3.8, 4) is 11.5 Å². The molecule has 0 atom stereocenters. The average molecular weight is 396 g/mol. The standard InChI is InChI=1S/C21H24N4O4/c1-14-6-5-9-24(21(14)27)13-19(26)23-20-15(2)11-22-25(20)12-16-7-8-17(28-3)18(10-16)29-4/h5-11H,12-13H2,1-4H3,(H,23,26). The van der Waals surface area contributed by atoms with Crippen molar-refractivity contribution < 1.29 is 14.3 Å². The van der Waals surface area contributed by atoms with Crippen LogP contribution in [0.1, 0.15) is 16.7 Å². The number of hydrogen-bond donors (Lipinski definition) is 1. The van der Waals surface area contributed by atoms with E-state index in [2.05, 4.69) is 10.4 Å². The lowest BCUT2D eigenvalue weighted by Crippen LogP contribution is -2.29. The number of aromatic nitrogens is 3. The summed E-state index contributed by atoms with van der Waals surface area (Å²) in [7, 11) is 3.17. The number of nitrogens with one attached hydrogen (secondary N) is 1. The van der Waals surface area contributed by atoms with Crippen LogP contribution in [0, 0.1) is 13.8 Å². The zero-order valence-electron chi connectivity index (χ0n) is 16.9. The van der Waals surface area contributed by atoms with Gasteiger partial charge >= 0.3 is 0 Å². The van der Waals surface area contributed by atoms with Gasteiger partial charge in [0.2, 0.25) is 5.91 Å². The molecule has 29 heavy (non-hydrogen) atoms. The Kier molecular flexibility index (Phi) is 6.01. The van der Waals surface area contributed by atoms with Crippen LogP contribution in [0.3, 0.4) is 0 Å². The third kappa shape index (κ3) is 4.48. The van der Waals surface area contributed by atoms with Crippen LogP contribution in [-0.2, 0) is 17.9 Å². The molecule has 152 valence electrons. The van der Waals surface area contributed by atoms with Gasteiger partial charge in [0.05, 0.1) is 27.0 Å². The SMILES string of the molecule is COc1ccc(Cn2ncc(C)c2NC(=O)Cn2cccc(C)c2=O)cc1OC. The molecule has 0 bridgehead atoms. The molecule has 0 aliphatic rings. The number of pyridine rings is 1. The van der Waals surface area contributed by atoms with Crippen molar-refractivity contribution in [3.05, 3.63) is 69.8 Å². The largest absolute Gasteiger partial charge is 0.493 e. The van der Waals surface area contributed by atoms with E-state index in [0.29, 0.717) is 29.4 Å². The van der Waals surface area contributed by atoms with Gasteiger partial charge in [-0.25, -0.2) is 4.68 Å². The number of hydrogen-bond acceptors (Lipinski definition) is 5. The van der Waals surface area contributed by atoms with Crippen molar-refractivity contribution in [2.24, 2.45) is 0 Å². The fourth-order valence-corrected chi connectivity index (χ4v) is 3.02. The van der Waals surface area contributed by atoms with Crippen molar-refractivity contribution in [3.63, 3.8) is 0 Å². The Morgan fingerprint density at radius 3 is 2.59 bits per heavy atom. The highest BCUT2D eigenvalue weighted by atomic mass is 16.5. The van der Waals surface area contributed by atoms with E-state index >= 15 is 0 Å². The molecule has 1 amide bonds. The van der Waals surface area contributed by atoms with Gasteiger partial charge in [-0.2, -0.15) is 5.10 Å². The number of carbonyl (C=O) groups excluding carboxylic acids is 1. The predicted molar refractivity (Wildman–Crippen MR) is 110 cm³/mol. The molecule has 0 unspecified atom stereocenters. The van der Waals surface area contributed by atoms with Crippen molar-refractivity contribution in [1.29, 1.82) is 0 Å². The molecule has 0 saturated carbocycles. The number of anilines is 1. The number of amides is 1. The van der Waals surface area contributed by atoms with Crippen LogP contribution in [-0.4, -0.2) is 34.5 Å². The fourth-order valence-electron chi connectivity index (χ4n) is 3.02. The summed E-state index contributed by atoms with van der Waals surface area (Å²) < 4.78 is 13.7. The molecule has 0 radical (unpaired) electrons. The normalized spacial score (nSPS) is 10.6. The van der Waals surface area contributed by atoms with Crippen LogP contribution < -0.4 is 20.3 Å². The summed E-state index contributed by atoms with van der Waals surface area (Å²) in [4.78, 5) is 24.7. The number of aryl methyl sites for hydroxylation is 2. The molecule has 3 aromatic rings. The summed E-state index contributed by atoms with van der Waals surface area (Å²) in [6, 6.07) is 9.08. The minimum absolute atomic E-state index is 0.0680. The first-order valence-corrected chi connectivity index (χ1v) is 9.12. The summed E-state index contributed by atoms with van der Waals surface area (Å²) in [6.07, 6.45) is 3.29. The second kappa shape index (κ2) is 8.64. The summed E-state index contributed by atoms with van der Waals surface area (Å²) >= 11 is 0. The summed E-state index contributed by atoms with van der Waals surface area (Å²) in [5.41, 5.74) is 2.18. The number of carbonyl (C=O) groups is 1. The molecule has 0 spiro atoms. The first kappa shape index (κ1) is 20.2. The molecule has 0 saturated heterocycles. The van der Waals surface area contributed by atoms with Crippen molar-refractivity contribution >= 4 is 11.7 Å². The maximum atomic E-state index is 12.5. The van der Waals surface area contributed by atoms with E-state index in [1.165, 1.54) is 4.57 Å². The minimum Gasteiger partial charge on any atom is -0.493 e. The number of benzene rings is 1. The third-order valence-electron chi connectivity index (χ3n) is 4.58. The van der Waals surface area contributed by atoms with E-state index < -0.39 is 0 Å². The molecular formula is C21H24N4O4. The van der Waals surface area contributed by atoms with Gasteiger partial charge in [-0.05, 0) is 37.6 Å². The van der Waals surface area contributed by atoms with Crippen molar-refractivity contribution in [1.82, 2.24) is 14.3 Å². The Morgan fingerprint density at radius 2 is 1.86 bits per heavy atom. The topological polar surface area (TPSA) is 87.4 Å². The average Bonchev–Trinajstić information content (AvgIpc) is 3.04.